The lowest BCUT2D eigenvalue weighted by Gasteiger charge is -2.23. The van der Waals surface area contributed by atoms with Gasteiger partial charge in [0.15, 0.2) is 11.5 Å². The minimum Gasteiger partial charge on any atom is -0.364 e. The normalized spacial score (nSPS) is 17.4. The predicted molar refractivity (Wildman–Crippen MR) is 123 cm³/mol. The number of imidazole rings is 1. The van der Waals surface area contributed by atoms with Crippen LogP contribution in [0.2, 0.25) is 0 Å². The molecule has 1 atom stereocenters. The summed E-state index contributed by atoms with van der Waals surface area (Å²) in [7, 11) is 0. The number of fused-ring (bicyclic) bond motifs is 2. The molecule has 1 unspecified atom stereocenters. The SMILES string of the molecule is CC1(c2ccc(F)cc2)C(=O)Nc2nc(-c3cn4ccnc4c(CCC(F)(F)C(F)(F)F)n3)nc(C(N)=O)c21. The third-order valence-corrected chi connectivity index (χ3v) is 6.51. The van der Waals surface area contributed by atoms with Crippen molar-refractivity contribution in [3.05, 3.63) is 71.2 Å². The first-order valence-electron chi connectivity index (χ1n) is 11.3. The Morgan fingerprint density at radius 1 is 1.10 bits per heavy atom. The Labute approximate surface area is 215 Å². The minimum absolute atomic E-state index is 0.0316. The molecule has 3 aromatic heterocycles. The average Bonchev–Trinajstić information content (AvgIpc) is 3.44. The van der Waals surface area contributed by atoms with Crippen LogP contribution in [0.25, 0.3) is 17.2 Å². The zero-order chi connectivity index (χ0) is 28.3. The Kier molecular flexibility index (Phi) is 5.84. The van der Waals surface area contributed by atoms with Crippen LogP contribution in [0.1, 0.15) is 40.7 Å². The third-order valence-electron chi connectivity index (χ3n) is 6.51. The maximum Gasteiger partial charge on any atom is 0.453 e. The molecule has 5 rings (SSSR count). The number of carbonyl (C=O) groups excluding carboxylic acids is 2. The van der Waals surface area contributed by atoms with Gasteiger partial charge in [0, 0.05) is 30.6 Å². The number of primary amides is 1. The van der Waals surface area contributed by atoms with Gasteiger partial charge in [0.1, 0.15) is 28.4 Å². The fraction of sp³-hybridized carbons (Fsp3) is 0.250. The highest BCUT2D eigenvalue weighted by Gasteiger charge is 2.56. The van der Waals surface area contributed by atoms with E-state index in [1.165, 1.54) is 42.0 Å². The van der Waals surface area contributed by atoms with Crippen LogP contribution in [0, 0.1) is 5.82 Å². The first-order chi connectivity index (χ1) is 18.2. The molecule has 0 saturated heterocycles. The molecule has 0 radical (unpaired) electrons. The highest BCUT2D eigenvalue weighted by molar-refractivity contribution is 6.11. The first kappa shape index (κ1) is 26.1. The van der Waals surface area contributed by atoms with Crippen LogP contribution in [0.5, 0.6) is 0 Å². The number of anilines is 1. The second kappa shape index (κ2) is 8.74. The summed E-state index contributed by atoms with van der Waals surface area (Å²) >= 11 is 0. The van der Waals surface area contributed by atoms with E-state index in [-0.39, 0.29) is 39.9 Å². The number of hydrogen-bond donors (Lipinski definition) is 2. The van der Waals surface area contributed by atoms with Crippen molar-refractivity contribution in [2.45, 2.75) is 37.3 Å². The van der Waals surface area contributed by atoms with Crippen molar-refractivity contribution in [1.82, 2.24) is 24.3 Å². The minimum atomic E-state index is -5.74. The lowest BCUT2D eigenvalue weighted by molar-refractivity contribution is -0.284. The Bertz CT molecular complexity index is 1630. The van der Waals surface area contributed by atoms with Gasteiger partial charge in [-0.15, -0.1) is 0 Å². The molecule has 1 aliphatic rings. The fourth-order valence-corrected chi connectivity index (χ4v) is 4.41. The number of alkyl halides is 5. The molecule has 4 aromatic rings. The van der Waals surface area contributed by atoms with Crippen molar-refractivity contribution < 1.29 is 35.9 Å². The fourth-order valence-electron chi connectivity index (χ4n) is 4.41. The Hall–Kier alpha value is -4.56. The summed E-state index contributed by atoms with van der Waals surface area (Å²) in [5.74, 6) is -7.51. The van der Waals surface area contributed by atoms with Gasteiger partial charge in [-0.25, -0.2) is 24.3 Å². The van der Waals surface area contributed by atoms with E-state index >= 15 is 0 Å². The predicted octanol–water partition coefficient (Wildman–Crippen LogP) is 3.81. The second-order valence-corrected chi connectivity index (χ2v) is 9.00. The van der Waals surface area contributed by atoms with Crippen LogP contribution < -0.4 is 11.1 Å². The van der Waals surface area contributed by atoms with Crippen LogP contribution in [0.3, 0.4) is 0 Å². The van der Waals surface area contributed by atoms with Gasteiger partial charge < -0.3 is 15.5 Å². The van der Waals surface area contributed by atoms with E-state index in [9.17, 15) is 35.9 Å². The van der Waals surface area contributed by atoms with Crippen LogP contribution >= 0.6 is 0 Å². The van der Waals surface area contributed by atoms with E-state index in [0.717, 1.165) is 12.1 Å². The number of aryl methyl sites for hydroxylation is 1. The van der Waals surface area contributed by atoms with Crippen LogP contribution in [0.4, 0.5) is 32.2 Å². The number of aromatic nitrogens is 5. The number of amides is 2. The highest BCUT2D eigenvalue weighted by Crippen LogP contribution is 2.44. The van der Waals surface area contributed by atoms with Crippen molar-refractivity contribution in [1.29, 1.82) is 0 Å². The third kappa shape index (κ3) is 4.23. The van der Waals surface area contributed by atoms with Gasteiger partial charge >= 0.3 is 12.1 Å². The summed E-state index contributed by atoms with van der Waals surface area (Å²) in [6.07, 6.45) is -4.10. The Morgan fingerprint density at radius 2 is 1.79 bits per heavy atom. The van der Waals surface area contributed by atoms with Crippen molar-refractivity contribution >= 4 is 23.3 Å². The van der Waals surface area contributed by atoms with Crippen molar-refractivity contribution in [3.63, 3.8) is 0 Å². The molecule has 2 amide bonds. The number of hydrogen-bond acceptors (Lipinski definition) is 6. The van der Waals surface area contributed by atoms with E-state index in [1.807, 2.05) is 0 Å². The van der Waals surface area contributed by atoms with Crippen LogP contribution in [0.15, 0.2) is 42.9 Å². The van der Waals surface area contributed by atoms with E-state index in [1.54, 1.807) is 0 Å². The molecular formula is C24H17F6N7O2. The number of nitrogens with one attached hydrogen (secondary N) is 1. The summed E-state index contributed by atoms with van der Waals surface area (Å²) in [6.45, 7) is 1.48. The summed E-state index contributed by atoms with van der Waals surface area (Å²) in [5.41, 5.74) is 3.78. The van der Waals surface area contributed by atoms with E-state index in [2.05, 4.69) is 25.3 Å². The molecule has 39 heavy (non-hydrogen) atoms. The maximum absolute atomic E-state index is 13.6. The number of rotatable bonds is 6. The van der Waals surface area contributed by atoms with Gasteiger partial charge in [-0.2, -0.15) is 22.0 Å². The molecule has 1 aliphatic heterocycles. The summed E-state index contributed by atoms with van der Waals surface area (Å²) < 4.78 is 80.2. The molecule has 0 saturated carbocycles. The first-order valence-corrected chi connectivity index (χ1v) is 11.3. The highest BCUT2D eigenvalue weighted by atomic mass is 19.4. The van der Waals surface area contributed by atoms with Crippen molar-refractivity contribution in [2.24, 2.45) is 5.73 Å². The number of benzene rings is 1. The molecule has 9 nitrogen and oxygen atoms in total. The number of nitrogens with zero attached hydrogens (tertiary/aromatic N) is 5. The molecule has 0 bridgehead atoms. The van der Waals surface area contributed by atoms with Gasteiger partial charge in [0.05, 0.1) is 5.69 Å². The summed E-state index contributed by atoms with van der Waals surface area (Å²) in [4.78, 5) is 42.2. The summed E-state index contributed by atoms with van der Waals surface area (Å²) in [5, 5.41) is 2.55. The van der Waals surface area contributed by atoms with Crippen molar-refractivity contribution in [2.75, 3.05) is 5.32 Å². The van der Waals surface area contributed by atoms with Gasteiger partial charge in [-0.3, -0.25) is 9.59 Å². The molecule has 0 spiro atoms. The van der Waals surface area contributed by atoms with Crippen molar-refractivity contribution in [3.8, 4) is 11.5 Å². The van der Waals surface area contributed by atoms with E-state index < -0.39 is 48.0 Å². The topological polar surface area (TPSA) is 128 Å². The Morgan fingerprint density at radius 3 is 2.44 bits per heavy atom. The maximum atomic E-state index is 13.6. The molecule has 1 aromatic carbocycles. The number of carbonyl (C=O) groups is 2. The van der Waals surface area contributed by atoms with Crippen LogP contribution in [-0.4, -0.2) is 48.2 Å². The van der Waals surface area contributed by atoms with E-state index in [0.29, 0.717) is 5.56 Å². The zero-order valence-corrected chi connectivity index (χ0v) is 19.9. The van der Waals surface area contributed by atoms with Crippen LogP contribution in [-0.2, 0) is 16.6 Å². The molecule has 4 heterocycles. The van der Waals surface area contributed by atoms with Gasteiger partial charge in [-0.1, -0.05) is 12.1 Å². The average molecular weight is 549 g/mol. The van der Waals surface area contributed by atoms with Gasteiger partial charge in [0.25, 0.3) is 5.91 Å². The smallest absolute Gasteiger partial charge is 0.364 e. The van der Waals surface area contributed by atoms with Gasteiger partial charge in [0.2, 0.25) is 5.91 Å². The molecule has 15 heteroatoms. The quantitative estimate of drug-likeness (QED) is 0.352. The molecule has 202 valence electrons. The lowest BCUT2D eigenvalue weighted by Crippen LogP contribution is -2.36. The lowest BCUT2D eigenvalue weighted by atomic mass is 9.77. The monoisotopic (exact) mass is 549 g/mol. The van der Waals surface area contributed by atoms with E-state index in [4.69, 9.17) is 5.73 Å². The Balaban J connectivity index is 1.63. The molecule has 0 aliphatic carbocycles. The molecule has 3 N–H and O–H groups in total. The largest absolute Gasteiger partial charge is 0.453 e. The van der Waals surface area contributed by atoms with Gasteiger partial charge in [-0.05, 0) is 31.0 Å². The zero-order valence-electron chi connectivity index (χ0n) is 19.9. The standard InChI is InChI=1S/C24H17F6N7O2/c1-22(11-2-4-12(25)5-3-11)15-16(17(31)38)34-18(35-19(15)36-21(22)39)14-10-37-9-8-32-20(37)13(33-14)6-7-23(26,27)24(28,29)30/h2-5,8-10H,6-7H2,1H3,(H2,31,38)(H,34,35,36,39). The summed E-state index contributed by atoms with van der Waals surface area (Å²) in [6, 6.07) is 5.00. The molecular weight excluding hydrogens is 532 g/mol. The second-order valence-electron chi connectivity index (χ2n) is 9.00. The number of halogens is 6. The molecule has 0 fully saturated rings. The number of nitrogens with two attached hydrogens (primary N) is 1.